The van der Waals surface area contributed by atoms with Gasteiger partial charge in [-0.05, 0) is 0 Å². The molecule has 0 atom stereocenters. The molecule has 2 aliphatic heterocycles. The summed E-state index contributed by atoms with van der Waals surface area (Å²) in [5.41, 5.74) is 0. The largest absolute Gasteiger partial charge is 0.481 e. The van der Waals surface area contributed by atoms with Crippen LogP contribution in [-0.4, -0.2) is 72.7 Å². The number of nitrogens with zero attached hydrogens (tertiary/aromatic N) is 2. The molecule has 0 aromatic heterocycles. The van der Waals surface area contributed by atoms with E-state index < -0.39 is 5.97 Å². The molecule has 5 heteroatoms. The molecule has 0 aromatic rings. The zero-order valence-electron chi connectivity index (χ0n) is 8.98. The fraction of sp³-hybridized carbons (Fsp3) is 0.900. The van der Waals surface area contributed by atoms with Gasteiger partial charge >= 0.3 is 5.97 Å². The van der Waals surface area contributed by atoms with E-state index in [9.17, 15) is 4.79 Å². The Morgan fingerprint density at radius 3 is 2.60 bits per heavy atom. The number of piperazine rings is 1. The van der Waals surface area contributed by atoms with Crippen LogP contribution in [0, 0.1) is 0 Å². The number of aliphatic carboxylic acids is 1. The number of likely N-dealkylation sites (tertiary alicyclic amines) is 1. The Kier molecular flexibility index (Phi) is 3.56. The molecule has 2 saturated heterocycles. The predicted molar refractivity (Wildman–Crippen MR) is 56.9 cm³/mol. The Morgan fingerprint density at radius 1 is 1.33 bits per heavy atom. The van der Waals surface area contributed by atoms with Gasteiger partial charge in [-0.2, -0.15) is 0 Å². The van der Waals surface area contributed by atoms with E-state index in [0.717, 1.165) is 39.3 Å². The highest BCUT2D eigenvalue weighted by Crippen LogP contribution is 2.15. The topological polar surface area (TPSA) is 55.8 Å². The average Bonchev–Trinajstić information content (AvgIpc) is 2.16. The monoisotopic (exact) mass is 213 g/mol. The van der Waals surface area contributed by atoms with Crippen LogP contribution in [0.5, 0.6) is 0 Å². The minimum Gasteiger partial charge on any atom is -0.481 e. The number of hydrogen-bond donors (Lipinski definition) is 2. The molecule has 0 aromatic carbocycles. The van der Waals surface area contributed by atoms with E-state index in [1.807, 2.05) is 0 Å². The lowest BCUT2D eigenvalue weighted by Gasteiger charge is -2.46. The number of carbonyl (C=O) groups is 1. The zero-order valence-corrected chi connectivity index (χ0v) is 8.98. The van der Waals surface area contributed by atoms with Crippen molar-refractivity contribution in [1.82, 2.24) is 15.1 Å². The summed E-state index contributed by atoms with van der Waals surface area (Å²) in [7, 11) is 0. The SMILES string of the molecule is O=C(O)CCN1CC(N2CCNCC2)C1. The van der Waals surface area contributed by atoms with Crippen molar-refractivity contribution < 1.29 is 9.90 Å². The van der Waals surface area contributed by atoms with Crippen molar-refractivity contribution in [3.63, 3.8) is 0 Å². The summed E-state index contributed by atoms with van der Waals surface area (Å²) >= 11 is 0. The maximum Gasteiger partial charge on any atom is 0.304 e. The van der Waals surface area contributed by atoms with E-state index in [4.69, 9.17) is 5.11 Å². The van der Waals surface area contributed by atoms with Gasteiger partial charge in [0.05, 0.1) is 6.42 Å². The summed E-state index contributed by atoms with van der Waals surface area (Å²) in [6, 6.07) is 0.667. The third-order valence-corrected chi connectivity index (χ3v) is 3.25. The van der Waals surface area contributed by atoms with Gasteiger partial charge in [-0.3, -0.25) is 14.6 Å². The number of carboxylic acids is 1. The van der Waals surface area contributed by atoms with Gasteiger partial charge in [-0.25, -0.2) is 0 Å². The third-order valence-electron chi connectivity index (χ3n) is 3.25. The van der Waals surface area contributed by atoms with Crippen molar-refractivity contribution in [2.75, 3.05) is 45.8 Å². The van der Waals surface area contributed by atoms with E-state index in [1.165, 1.54) is 0 Å². The fourth-order valence-electron chi connectivity index (χ4n) is 2.26. The first-order valence-electron chi connectivity index (χ1n) is 5.64. The minimum atomic E-state index is -0.694. The van der Waals surface area contributed by atoms with E-state index >= 15 is 0 Å². The van der Waals surface area contributed by atoms with E-state index in [1.54, 1.807) is 0 Å². The second-order valence-electron chi connectivity index (χ2n) is 4.34. The quantitative estimate of drug-likeness (QED) is 0.630. The Bertz CT molecular complexity index is 223. The van der Waals surface area contributed by atoms with Crippen molar-refractivity contribution in [1.29, 1.82) is 0 Å². The zero-order chi connectivity index (χ0) is 10.7. The molecule has 0 radical (unpaired) electrons. The number of rotatable bonds is 4. The molecule has 0 amide bonds. The molecule has 2 N–H and O–H groups in total. The normalized spacial score (nSPS) is 25.1. The predicted octanol–water partition coefficient (Wildman–Crippen LogP) is -0.949. The van der Waals surface area contributed by atoms with Crippen LogP contribution in [0.1, 0.15) is 6.42 Å². The van der Waals surface area contributed by atoms with Crippen molar-refractivity contribution >= 4 is 5.97 Å². The van der Waals surface area contributed by atoms with Crippen LogP contribution in [0.4, 0.5) is 0 Å². The minimum absolute atomic E-state index is 0.272. The van der Waals surface area contributed by atoms with Crippen LogP contribution in [0.2, 0.25) is 0 Å². The third kappa shape index (κ3) is 2.90. The highest BCUT2D eigenvalue weighted by atomic mass is 16.4. The lowest BCUT2D eigenvalue weighted by atomic mass is 10.1. The number of hydrogen-bond acceptors (Lipinski definition) is 4. The van der Waals surface area contributed by atoms with E-state index in [-0.39, 0.29) is 6.42 Å². The molecular weight excluding hydrogens is 194 g/mol. The standard InChI is InChI=1S/C10H19N3O2/c14-10(15)1-4-12-7-9(8-12)13-5-2-11-3-6-13/h9,11H,1-8H2,(H,14,15). The Labute approximate surface area is 90.0 Å². The molecule has 2 fully saturated rings. The van der Waals surface area contributed by atoms with Gasteiger partial charge in [0, 0.05) is 51.9 Å². The lowest BCUT2D eigenvalue weighted by Crippen LogP contribution is -2.62. The van der Waals surface area contributed by atoms with Crippen LogP contribution >= 0.6 is 0 Å². The van der Waals surface area contributed by atoms with Gasteiger partial charge in [0.25, 0.3) is 0 Å². The molecule has 86 valence electrons. The van der Waals surface area contributed by atoms with E-state index in [0.29, 0.717) is 12.6 Å². The average molecular weight is 213 g/mol. The van der Waals surface area contributed by atoms with E-state index in [2.05, 4.69) is 15.1 Å². The summed E-state index contributed by atoms with van der Waals surface area (Å²) in [5.74, 6) is -0.694. The number of nitrogens with one attached hydrogen (secondary N) is 1. The molecule has 0 aliphatic carbocycles. The van der Waals surface area contributed by atoms with Crippen molar-refractivity contribution in [2.45, 2.75) is 12.5 Å². The molecule has 2 aliphatic rings. The smallest absolute Gasteiger partial charge is 0.304 e. The molecule has 15 heavy (non-hydrogen) atoms. The van der Waals surface area contributed by atoms with Gasteiger partial charge in [0.2, 0.25) is 0 Å². The summed E-state index contributed by atoms with van der Waals surface area (Å²) < 4.78 is 0. The molecule has 2 heterocycles. The molecule has 0 bridgehead atoms. The Morgan fingerprint density at radius 2 is 2.00 bits per heavy atom. The highest BCUT2D eigenvalue weighted by molar-refractivity contribution is 5.66. The second kappa shape index (κ2) is 4.92. The maximum atomic E-state index is 10.4. The van der Waals surface area contributed by atoms with Gasteiger partial charge in [0.1, 0.15) is 0 Å². The first-order valence-corrected chi connectivity index (χ1v) is 5.64. The second-order valence-corrected chi connectivity index (χ2v) is 4.34. The summed E-state index contributed by atoms with van der Waals surface area (Å²) in [5, 5.41) is 11.9. The number of carboxylic acid groups (broad SMARTS) is 1. The van der Waals surface area contributed by atoms with Gasteiger partial charge in [-0.1, -0.05) is 0 Å². The Balaban J connectivity index is 1.62. The van der Waals surface area contributed by atoms with Gasteiger partial charge in [-0.15, -0.1) is 0 Å². The van der Waals surface area contributed by atoms with Crippen LogP contribution in [0.15, 0.2) is 0 Å². The fourth-order valence-corrected chi connectivity index (χ4v) is 2.26. The van der Waals surface area contributed by atoms with Gasteiger partial charge < -0.3 is 10.4 Å². The van der Waals surface area contributed by atoms with Crippen LogP contribution < -0.4 is 5.32 Å². The van der Waals surface area contributed by atoms with Crippen molar-refractivity contribution in [3.05, 3.63) is 0 Å². The molecule has 0 spiro atoms. The first kappa shape index (κ1) is 10.9. The van der Waals surface area contributed by atoms with Crippen LogP contribution in [0.25, 0.3) is 0 Å². The summed E-state index contributed by atoms with van der Waals surface area (Å²) in [6.07, 6.45) is 0.272. The first-order chi connectivity index (χ1) is 7.25. The van der Waals surface area contributed by atoms with Crippen molar-refractivity contribution in [2.24, 2.45) is 0 Å². The summed E-state index contributed by atoms with van der Waals surface area (Å²) in [6.45, 7) is 7.25. The summed E-state index contributed by atoms with van der Waals surface area (Å²) in [4.78, 5) is 15.1. The molecule has 0 saturated carbocycles. The Hall–Kier alpha value is -0.650. The van der Waals surface area contributed by atoms with Crippen LogP contribution in [-0.2, 0) is 4.79 Å². The lowest BCUT2D eigenvalue weighted by molar-refractivity contribution is -0.137. The van der Waals surface area contributed by atoms with Gasteiger partial charge in [0.15, 0.2) is 0 Å². The van der Waals surface area contributed by atoms with Crippen molar-refractivity contribution in [3.8, 4) is 0 Å². The highest BCUT2D eigenvalue weighted by Gasteiger charge is 2.31. The molecular formula is C10H19N3O2. The molecule has 0 unspecified atom stereocenters. The maximum absolute atomic E-state index is 10.4. The molecule has 2 rings (SSSR count). The van der Waals surface area contributed by atoms with Crippen LogP contribution in [0.3, 0.4) is 0 Å². The molecule has 5 nitrogen and oxygen atoms in total.